The highest BCUT2D eigenvalue weighted by Crippen LogP contribution is 2.27. The summed E-state index contributed by atoms with van der Waals surface area (Å²) in [5.74, 6) is 0.617. The summed E-state index contributed by atoms with van der Waals surface area (Å²) >= 11 is 5.75. The fourth-order valence-electron chi connectivity index (χ4n) is 2.93. The lowest BCUT2D eigenvalue weighted by Gasteiger charge is -2.27. The molecule has 1 aliphatic heterocycles. The Morgan fingerprint density at radius 2 is 2.22 bits per heavy atom. The first-order chi connectivity index (χ1) is 11.1. The molecule has 1 aliphatic rings. The minimum Gasteiger partial charge on any atom is -0.473 e. The maximum absolute atomic E-state index is 13.8. The van der Waals surface area contributed by atoms with E-state index >= 15 is 0 Å². The molecule has 23 heavy (non-hydrogen) atoms. The molecule has 2 aromatic rings. The Kier molecular flexibility index (Phi) is 5.13. The standard InChI is InChI=1S/C18H20ClFN2O/c1-12-9-13(7-8-21-12)17-3-2-4-18(22-17)23-11-14-5-6-15(19)10-16(14)20/h2-6,10,12-13,21H,7-9,11H2,1H3. The fraction of sp³-hybridized carbons (Fsp3) is 0.389. The third-order valence-corrected chi connectivity index (χ3v) is 4.41. The Morgan fingerprint density at radius 1 is 1.35 bits per heavy atom. The number of piperidine rings is 1. The molecule has 0 spiro atoms. The lowest BCUT2D eigenvalue weighted by Crippen LogP contribution is -2.35. The summed E-state index contributed by atoms with van der Waals surface area (Å²) in [6, 6.07) is 10.9. The van der Waals surface area contributed by atoms with Crippen LogP contribution in [-0.2, 0) is 6.61 Å². The average Bonchev–Trinajstić information content (AvgIpc) is 2.54. The third-order valence-electron chi connectivity index (χ3n) is 4.18. The summed E-state index contributed by atoms with van der Waals surface area (Å²) in [5, 5.41) is 3.82. The van der Waals surface area contributed by atoms with Crippen molar-refractivity contribution in [3.63, 3.8) is 0 Å². The maximum atomic E-state index is 13.8. The van der Waals surface area contributed by atoms with Gasteiger partial charge in [-0.1, -0.05) is 23.7 Å². The van der Waals surface area contributed by atoms with Crippen molar-refractivity contribution in [1.29, 1.82) is 0 Å². The van der Waals surface area contributed by atoms with Crippen molar-refractivity contribution in [2.24, 2.45) is 0 Å². The van der Waals surface area contributed by atoms with Crippen molar-refractivity contribution in [3.05, 3.63) is 58.5 Å². The topological polar surface area (TPSA) is 34.1 Å². The molecule has 1 aromatic carbocycles. The van der Waals surface area contributed by atoms with Crippen molar-refractivity contribution in [1.82, 2.24) is 10.3 Å². The number of nitrogens with one attached hydrogen (secondary N) is 1. The van der Waals surface area contributed by atoms with Crippen LogP contribution >= 0.6 is 11.6 Å². The molecule has 1 saturated heterocycles. The lowest BCUT2D eigenvalue weighted by atomic mass is 9.90. The highest BCUT2D eigenvalue weighted by molar-refractivity contribution is 6.30. The number of aromatic nitrogens is 1. The van der Waals surface area contributed by atoms with Crippen LogP contribution in [0.1, 0.15) is 36.9 Å². The Balaban J connectivity index is 1.67. The van der Waals surface area contributed by atoms with Crippen molar-refractivity contribution in [3.8, 4) is 5.88 Å². The van der Waals surface area contributed by atoms with Gasteiger partial charge >= 0.3 is 0 Å². The van der Waals surface area contributed by atoms with E-state index in [9.17, 15) is 4.39 Å². The van der Waals surface area contributed by atoms with Crippen LogP contribution in [0.5, 0.6) is 5.88 Å². The molecule has 1 N–H and O–H groups in total. The van der Waals surface area contributed by atoms with Gasteiger partial charge in [0.25, 0.3) is 0 Å². The second kappa shape index (κ2) is 7.28. The van der Waals surface area contributed by atoms with Gasteiger partial charge < -0.3 is 10.1 Å². The van der Waals surface area contributed by atoms with Crippen LogP contribution in [0.2, 0.25) is 5.02 Å². The maximum Gasteiger partial charge on any atom is 0.213 e. The first-order valence-corrected chi connectivity index (χ1v) is 8.26. The summed E-state index contributed by atoms with van der Waals surface area (Å²) in [7, 11) is 0. The molecule has 0 radical (unpaired) electrons. The van der Waals surface area contributed by atoms with E-state index < -0.39 is 0 Å². The number of benzene rings is 1. The zero-order valence-electron chi connectivity index (χ0n) is 13.1. The second-order valence-corrected chi connectivity index (χ2v) is 6.44. The van der Waals surface area contributed by atoms with Gasteiger partial charge in [-0.25, -0.2) is 9.37 Å². The van der Waals surface area contributed by atoms with Gasteiger partial charge in [-0.05, 0) is 44.5 Å². The van der Waals surface area contributed by atoms with Gasteiger partial charge in [0.15, 0.2) is 0 Å². The van der Waals surface area contributed by atoms with Gasteiger partial charge in [0, 0.05) is 34.3 Å². The van der Waals surface area contributed by atoms with Crippen molar-refractivity contribution in [2.75, 3.05) is 6.54 Å². The SMILES string of the molecule is CC1CC(c2cccc(OCc3ccc(Cl)cc3F)n2)CCN1. The zero-order valence-corrected chi connectivity index (χ0v) is 13.8. The smallest absolute Gasteiger partial charge is 0.213 e. The lowest BCUT2D eigenvalue weighted by molar-refractivity contribution is 0.285. The van der Waals surface area contributed by atoms with Crippen molar-refractivity contribution in [2.45, 2.75) is 38.3 Å². The van der Waals surface area contributed by atoms with E-state index in [-0.39, 0.29) is 12.4 Å². The van der Waals surface area contributed by atoms with Crippen LogP contribution in [0.15, 0.2) is 36.4 Å². The summed E-state index contributed by atoms with van der Waals surface area (Å²) in [4.78, 5) is 4.59. The van der Waals surface area contributed by atoms with Crippen molar-refractivity contribution < 1.29 is 9.13 Å². The molecule has 3 rings (SSSR count). The predicted molar refractivity (Wildman–Crippen MR) is 89.4 cm³/mol. The van der Waals surface area contributed by atoms with Gasteiger partial charge in [-0.3, -0.25) is 0 Å². The quantitative estimate of drug-likeness (QED) is 0.904. The molecular weight excluding hydrogens is 315 g/mol. The molecule has 0 amide bonds. The van der Waals surface area contributed by atoms with Crippen molar-refractivity contribution >= 4 is 11.6 Å². The molecule has 122 valence electrons. The van der Waals surface area contributed by atoms with E-state index in [1.807, 2.05) is 18.2 Å². The molecule has 0 aliphatic carbocycles. The number of rotatable bonds is 4. The van der Waals surface area contributed by atoms with Gasteiger partial charge in [-0.15, -0.1) is 0 Å². The number of hydrogen-bond donors (Lipinski definition) is 1. The van der Waals surface area contributed by atoms with Gasteiger partial charge in [0.1, 0.15) is 12.4 Å². The normalized spacial score (nSPS) is 21.2. The summed E-state index contributed by atoms with van der Waals surface area (Å²) in [6.45, 7) is 3.34. The number of pyridine rings is 1. The minimum absolute atomic E-state index is 0.141. The first-order valence-electron chi connectivity index (χ1n) is 7.89. The largest absolute Gasteiger partial charge is 0.473 e. The van der Waals surface area contributed by atoms with Crippen LogP contribution in [0.25, 0.3) is 0 Å². The van der Waals surface area contributed by atoms with Crippen LogP contribution in [0.3, 0.4) is 0 Å². The molecule has 2 unspecified atom stereocenters. The summed E-state index contributed by atoms with van der Waals surface area (Å²) in [5.41, 5.74) is 1.52. The second-order valence-electron chi connectivity index (χ2n) is 6.00. The first kappa shape index (κ1) is 16.2. The molecule has 0 saturated carbocycles. The molecule has 1 fully saturated rings. The van der Waals surface area contributed by atoms with E-state index in [2.05, 4.69) is 17.2 Å². The highest BCUT2D eigenvalue weighted by atomic mass is 35.5. The Hall–Kier alpha value is -1.65. The average molecular weight is 335 g/mol. The van der Waals surface area contributed by atoms with Crippen LogP contribution in [0, 0.1) is 5.82 Å². The van der Waals surface area contributed by atoms with E-state index in [4.69, 9.17) is 16.3 Å². The fourth-order valence-corrected chi connectivity index (χ4v) is 3.09. The molecule has 3 nitrogen and oxygen atoms in total. The van der Waals surface area contributed by atoms with E-state index in [0.29, 0.717) is 28.4 Å². The molecule has 2 atom stereocenters. The Labute approximate surface area is 140 Å². The summed E-state index contributed by atoms with van der Waals surface area (Å²) < 4.78 is 19.4. The monoisotopic (exact) mass is 334 g/mol. The summed E-state index contributed by atoms with van der Waals surface area (Å²) in [6.07, 6.45) is 2.15. The predicted octanol–water partition coefficient (Wildman–Crippen LogP) is 4.31. The number of hydrogen-bond acceptors (Lipinski definition) is 3. The molecule has 0 bridgehead atoms. The van der Waals surface area contributed by atoms with E-state index in [0.717, 1.165) is 25.1 Å². The van der Waals surface area contributed by atoms with Gasteiger partial charge in [-0.2, -0.15) is 0 Å². The highest BCUT2D eigenvalue weighted by Gasteiger charge is 2.21. The Bertz CT molecular complexity index is 680. The molecule has 5 heteroatoms. The van der Waals surface area contributed by atoms with Crippen LogP contribution in [0.4, 0.5) is 4.39 Å². The molecular formula is C18H20ClFN2O. The number of halogens is 2. The zero-order chi connectivity index (χ0) is 16.2. The number of ether oxygens (including phenoxy) is 1. The Morgan fingerprint density at radius 3 is 3.00 bits per heavy atom. The number of nitrogens with zero attached hydrogens (tertiary/aromatic N) is 1. The van der Waals surface area contributed by atoms with Gasteiger partial charge in [0.05, 0.1) is 0 Å². The van der Waals surface area contributed by atoms with Gasteiger partial charge in [0.2, 0.25) is 5.88 Å². The molecule has 1 aromatic heterocycles. The molecule has 2 heterocycles. The van der Waals surface area contributed by atoms with Crippen LogP contribution < -0.4 is 10.1 Å². The van der Waals surface area contributed by atoms with E-state index in [1.54, 1.807) is 12.1 Å². The van der Waals surface area contributed by atoms with Crippen LogP contribution in [-0.4, -0.2) is 17.6 Å². The van der Waals surface area contributed by atoms with E-state index in [1.165, 1.54) is 6.07 Å². The third kappa shape index (κ3) is 4.21. The minimum atomic E-state index is -0.360.